The van der Waals surface area contributed by atoms with E-state index >= 15 is 0 Å². The monoisotopic (exact) mass is 282 g/mol. The second-order valence-corrected chi connectivity index (χ2v) is 5.82. The zero-order chi connectivity index (χ0) is 14.7. The molecule has 0 spiro atoms. The minimum Gasteiger partial charge on any atom is -0.497 e. The fourth-order valence-electron chi connectivity index (χ4n) is 3.37. The van der Waals surface area contributed by atoms with Crippen LogP contribution in [0.1, 0.15) is 35.4 Å². The average Bonchev–Trinajstić information content (AvgIpc) is 2.54. The zero-order valence-corrected chi connectivity index (χ0v) is 12.5. The van der Waals surface area contributed by atoms with Crippen LogP contribution in [0.2, 0.25) is 0 Å². The summed E-state index contributed by atoms with van der Waals surface area (Å²) in [5.41, 5.74) is 3.86. The van der Waals surface area contributed by atoms with Crippen molar-refractivity contribution in [3.05, 3.63) is 65.2 Å². The first-order valence-electron chi connectivity index (χ1n) is 7.66. The number of hydrogen-bond acceptors (Lipinski definition) is 2. The minimum atomic E-state index is -0.335. The minimum absolute atomic E-state index is 0.251. The molecular formula is C19H22O2. The molecule has 0 amide bonds. The largest absolute Gasteiger partial charge is 0.497 e. The number of fused-ring (bicyclic) bond motifs is 1. The Bertz CT molecular complexity index is 606. The van der Waals surface area contributed by atoms with Gasteiger partial charge in [-0.15, -0.1) is 0 Å². The molecule has 1 N–H and O–H groups in total. The fourth-order valence-corrected chi connectivity index (χ4v) is 3.37. The zero-order valence-electron chi connectivity index (χ0n) is 12.5. The summed E-state index contributed by atoms with van der Waals surface area (Å²) in [4.78, 5) is 0. The molecule has 21 heavy (non-hydrogen) atoms. The maximum absolute atomic E-state index is 10.7. The molecule has 0 saturated carbocycles. The molecule has 0 saturated heterocycles. The molecule has 0 radical (unpaired) electrons. The van der Waals surface area contributed by atoms with E-state index in [0.717, 1.165) is 30.6 Å². The highest BCUT2D eigenvalue weighted by molar-refractivity contribution is 5.34. The third kappa shape index (κ3) is 3.11. The van der Waals surface area contributed by atoms with E-state index in [9.17, 15) is 5.11 Å². The van der Waals surface area contributed by atoms with E-state index in [1.54, 1.807) is 7.11 Å². The predicted octanol–water partition coefficient (Wildman–Crippen LogP) is 3.72. The summed E-state index contributed by atoms with van der Waals surface area (Å²) >= 11 is 0. The first kappa shape index (κ1) is 14.2. The lowest BCUT2D eigenvalue weighted by molar-refractivity contribution is 0.134. The normalized spacial score (nSPS) is 18.9. The Morgan fingerprint density at radius 1 is 1.19 bits per heavy atom. The van der Waals surface area contributed by atoms with Crippen molar-refractivity contribution in [3.8, 4) is 5.75 Å². The summed E-state index contributed by atoms with van der Waals surface area (Å²) in [5, 5.41) is 10.7. The Kier molecular flexibility index (Phi) is 4.26. The van der Waals surface area contributed by atoms with Crippen LogP contribution in [0.3, 0.4) is 0 Å². The van der Waals surface area contributed by atoms with Crippen LogP contribution >= 0.6 is 0 Å². The molecule has 0 bridgehead atoms. The number of benzene rings is 2. The molecule has 2 aromatic rings. The van der Waals surface area contributed by atoms with Crippen LogP contribution in [0.25, 0.3) is 0 Å². The van der Waals surface area contributed by atoms with E-state index in [-0.39, 0.29) is 12.0 Å². The first-order valence-corrected chi connectivity index (χ1v) is 7.66. The van der Waals surface area contributed by atoms with Gasteiger partial charge >= 0.3 is 0 Å². The van der Waals surface area contributed by atoms with Crippen molar-refractivity contribution in [3.63, 3.8) is 0 Å². The van der Waals surface area contributed by atoms with Crippen LogP contribution in [-0.2, 0) is 12.8 Å². The smallest absolute Gasteiger partial charge is 0.119 e. The van der Waals surface area contributed by atoms with Gasteiger partial charge in [0.1, 0.15) is 5.75 Å². The summed E-state index contributed by atoms with van der Waals surface area (Å²) in [6.45, 7) is 0. The maximum atomic E-state index is 10.7. The van der Waals surface area contributed by atoms with Gasteiger partial charge in [0.2, 0.25) is 0 Å². The molecule has 110 valence electrons. The standard InChI is InChI=1S/C19H22O2/c1-21-16-9-4-6-14(12-16)13-19(20)18-11-5-8-15-7-2-3-10-17(15)18/h2-4,6-7,9-10,12,18-20H,5,8,11,13H2,1H3. The SMILES string of the molecule is COc1cccc(CC(O)C2CCCc3ccccc32)c1. The van der Waals surface area contributed by atoms with Gasteiger partial charge in [-0.1, -0.05) is 36.4 Å². The molecule has 1 aliphatic carbocycles. The highest BCUT2D eigenvalue weighted by atomic mass is 16.5. The highest BCUT2D eigenvalue weighted by Crippen LogP contribution is 2.35. The van der Waals surface area contributed by atoms with E-state index < -0.39 is 0 Å². The molecule has 0 aromatic heterocycles. The number of rotatable bonds is 4. The Hall–Kier alpha value is -1.80. The Balaban J connectivity index is 1.78. The average molecular weight is 282 g/mol. The topological polar surface area (TPSA) is 29.5 Å². The summed E-state index contributed by atoms with van der Waals surface area (Å²) in [6, 6.07) is 16.5. The van der Waals surface area contributed by atoms with Gasteiger partial charge in [0.15, 0.2) is 0 Å². The van der Waals surface area contributed by atoms with E-state index in [1.165, 1.54) is 11.1 Å². The van der Waals surface area contributed by atoms with Gasteiger partial charge in [0.25, 0.3) is 0 Å². The molecule has 0 heterocycles. The molecule has 1 aliphatic rings. The van der Waals surface area contributed by atoms with Gasteiger partial charge in [-0.25, -0.2) is 0 Å². The number of aryl methyl sites for hydroxylation is 1. The molecule has 0 aliphatic heterocycles. The third-order valence-electron chi connectivity index (χ3n) is 4.46. The van der Waals surface area contributed by atoms with Crippen LogP contribution < -0.4 is 4.74 Å². The Morgan fingerprint density at radius 3 is 2.90 bits per heavy atom. The summed E-state index contributed by atoms with van der Waals surface area (Å²) in [7, 11) is 1.67. The van der Waals surface area contributed by atoms with Crippen LogP contribution in [0, 0.1) is 0 Å². The van der Waals surface area contributed by atoms with E-state index in [2.05, 4.69) is 30.3 Å². The molecule has 2 atom stereocenters. The van der Waals surface area contributed by atoms with Crippen molar-refractivity contribution in [2.24, 2.45) is 0 Å². The lowest BCUT2D eigenvalue weighted by Crippen LogP contribution is -2.24. The lowest BCUT2D eigenvalue weighted by atomic mass is 9.78. The summed E-state index contributed by atoms with van der Waals surface area (Å²) in [5.74, 6) is 1.10. The second kappa shape index (κ2) is 6.31. The van der Waals surface area contributed by atoms with Crippen molar-refractivity contribution < 1.29 is 9.84 Å². The Morgan fingerprint density at radius 2 is 2.05 bits per heavy atom. The summed E-state index contributed by atoms with van der Waals surface area (Å²) in [6.07, 6.45) is 3.71. The van der Waals surface area contributed by atoms with E-state index in [1.807, 2.05) is 18.2 Å². The van der Waals surface area contributed by atoms with Crippen LogP contribution in [0.5, 0.6) is 5.75 Å². The number of aliphatic hydroxyl groups excluding tert-OH is 1. The van der Waals surface area contributed by atoms with E-state index in [0.29, 0.717) is 6.42 Å². The van der Waals surface area contributed by atoms with Crippen LogP contribution in [0.15, 0.2) is 48.5 Å². The summed E-state index contributed by atoms with van der Waals surface area (Å²) < 4.78 is 5.26. The second-order valence-electron chi connectivity index (χ2n) is 5.82. The number of hydrogen-bond donors (Lipinski definition) is 1. The van der Waals surface area contributed by atoms with Crippen molar-refractivity contribution in [2.45, 2.75) is 37.7 Å². The van der Waals surface area contributed by atoms with Crippen molar-refractivity contribution in [1.82, 2.24) is 0 Å². The van der Waals surface area contributed by atoms with Gasteiger partial charge < -0.3 is 9.84 Å². The molecule has 0 fully saturated rings. The van der Waals surface area contributed by atoms with Gasteiger partial charge in [-0.05, 0) is 54.5 Å². The number of aliphatic hydroxyl groups is 1. The van der Waals surface area contributed by atoms with Crippen molar-refractivity contribution in [1.29, 1.82) is 0 Å². The highest BCUT2D eigenvalue weighted by Gasteiger charge is 2.26. The van der Waals surface area contributed by atoms with Gasteiger partial charge in [-0.2, -0.15) is 0 Å². The molecule has 2 heteroatoms. The van der Waals surface area contributed by atoms with Gasteiger partial charge in [0, 0.05) is 5.92 Å². The first-order chi connectivity index (χ1) is 10.3. The van der Waals surface area contributed by atoms with Crippen LogP contribution in [0.4, 0.5) is 0 Å². The van der Waals surface area contributed by atoms with Gasteiger partial charge in [-0.3, -0.25) is 0 Å². The quantitative estimate of drug-likeness (QED) is 0.926. The van der Waals surface area contributed by atoms with E-state index in [4.69, 9.17) is 4.74 Å². The Labute approximate surface area is 126 Å². The molecule has 2 nitrogen and oxygen atoms in total. The molecule has 2 unspecified atom stereocenters. The predicted molar refractivity (Wildman–Crippen MR) is 84.8 cm³/mol. The number of ether oxygens (including phenoxy) is 1. The maximum Gasteiger partial charge on any atom is 0.119 e. The fraction of sp³-hybridized carbons (Fsp3) is 0.368. The van der Waals surface area contributed by atoms with Crippen molar-refractivity contribution in [2.75, 3.05) is 7.11 Å². The molecular weight excluding hydrogens is 260 g/mol. The third-order valence-corrected chi connectivity index (χ3v) is 4.46. The molecule has 3 rings (SSSR count). The number of methoxy groups -OCH3 is 1. The van der Waals surface area contributed by atoms with Crippen molar-refractivity contribution >= 4 is 0 Å². The molecule has 2 aromatic carbocycles. The van der Waals surface area contributed by atoms with Gasteiger partial charge in [0.05, 0.1) is 13.2 Å². The van der Waals surface area contributed by atoms with Crippen LogP contribution in [-0.4, -0.2) is 18.3 Å². The lowest BCUT2D eigenvalue weighted by Gasteiger charge is -2.29.